The van der Waals surface area contributed by atoms with Crippen molar-refractivity contribution in [3.05, 3.63) is 82.8 Å². The van der Waals surface area contributed by atoms with E-state index in [1.165, 1.54) is 0 Å². The van der Waals surface area contributed by atoms with Crippen LogP contribution in [0.5, 0.6) is 0 Å². The van der Waals surface area contributed by atoms with Crippen LogP contribution in [0.2, 0.25) is 0 Å². The second-order valence-electron chi connectivity index (χ2n) is 8.44. The van der Waals surface area contributed by atoms with Crippen LogP contribution in [0.1, 0.15) is 48.0 Å². The van der Waals surface area contributed by atoms with E-state index < -0.39 is 23.5 Å². The minimum atomic E-state index is -0.655. The molecule has 6 heteroatoms. The molecular weight excluding hydrogens is 416 g/mol. The van der Waals surface area contributed by atoms with Crippen LogP contribution in [0.4, 0.5) is 0 Å². The minimum absolute atomic E-state index is 0.0739. The smallest absolute Gasteiger partial charge is 0.290 e. The molecule has 0 aliphatic carbocycles. The van der Waals surface area contributed by atoms with Crippen LogP contribution in [-0.2, 0) is 4.79 Å². The highest BCUT2D eigenvalue weighted by molar-refractivity contribution is 6.16. The maximum Gasteiger partial charge on any atom is 0.290 e. The second kappa shape index (κ2) is 9.63. The number of rotatable bonds is 9. The molecule has 1 N–H and O–H groups in total. The SMILES string of the molecule is CCN(CC)CCCN1C(=O)C(O)=C(C(=O)c2cc3cc(C)ccc3o2)C1c1ccccc1. The third kappa shape index (κ3) is 4.44. The van der Waals surface area contributed by atoms with Crippen LogP contribution >= 0.6 is 0 Å². The Morgan fingerprint density at radius 2 is 1.82 bits per heavy atom. The molecule has 0 spiro atoms. The summed E-state index contributed by atoms with van der Waals surface area (Å²) in [6, 6.07) is 16.1. The molecule has 1 unspecified atom stereocenters. The van der Waals surface area contributed by atoms with E-state index in [0.29, 0.717) is 12.1 Å². The number of aliphatic hydroxyl groups is 1. The molecule has 1 aliphatic heterocycles. The van der Waals surface area contributed by atoms with Crippen molar-refractivity contribution in [3.63, 3.8) is 0 Å². The van der Waals surface area contributed by atoms with Gasteiger partial charge in [0.05, 0.1) is 11.6 Å². The normalized spacial score (nSPS) is 16.4. The molecule has 33 heavy (non-hydrogen) atoms. The number of hydrogen-bond acceptors (Lipinski definition) is 5. The number of fused-ring (bicyclic) bond motifs is 1. The molecule has 3 aromatic rings. The number of carbonyl (C=O) groups is 2. The number of furan rings is 1. The first-order chi connectivity index (χ1) is 15.9. The third-order valence-electron chi connectivity index (χ3n) is 6.33. The van der Waals surface area contributed by atoms with Gasteiger partial charge in [-0.25, -0.2) is 0 Å². The molecule has 172 valence electrons. The van der Waals surface area contributed by atoms with Crippen LogP contribution in [0.25, 0.3) is 11.0 Å². The molecule has 1 aromatic heterocycles. The molecule has 0 fully saturated rings. The Hall–Kier alpha value is -3.38. The van der Waals surface area contributed by atoms with Crippen molar-refractivity contribution in [2.75, 3.05) is 26.2 Å². The molecule has 0 saturated heterocycles. The van der Waals surface area contributed by atoms with Gasteiger partial charge in [0, 0.05) is 11.9 Å². The average molecular weight is 447 g/mol. The van der Waals surface area contributed by atoms with E-state index in [0.717, 1.165) is 42.6 Å². The number of aliphatic hydroxyl groups excluding tert-OH is 1. The van der Waals surface area contributed by atoms with Gasteiger partial charge in [0.2, 0.25) is 5.78 Å². The van der Waals surface area contributed by atoms with E-state index in [1.807, 2.05) is 55.5 Å². The Morgan fingerprint density at radius 1 is 1.09 bits per heavy atom. The molecule has 1 amide bonds. The summed E-state index contributed by atoms with van der Waals surface area (Å²) in [5.41, 5.74) is 2.51. The Kier molecular flexibility index (Phi) is 6.65. The van der Waals surface area contributed by atoms with Gasteiger partial charge >= 0.3 is 0 Å². The quantitative estimate of drug-likeness (QED) is 0.466. The molecular formula is C27H30N2O4. The fraction of sp³-hybridized carbons (Fsp3) is 0.333. The highest BCUT2D eigenvalue weighted by Crippen LogP contribution is 2.39. The molecule has 4 rings (SSSR count). The molecule has 2 aromatic carbocycles. The molecule has 1 aliphatic rings. The number of aryl methyl sites for hydroxylation is 1. The van der Waals surface area contributed by atoms with Gasteiger partial charge in [-0.15, -0.1) is 0 Å². The van der Waals surface area contributed by atoms with Gasteiger partial charge in [0.25, 0.3) is 5.91 Å². The standard InChI is InChI=1S/C27H30N2O4/c1-4-28(5-2)14-9-15-29-24(19-10-7-6-8-11-19)23(26(31)27(29)32)25(30)22-17-20-16-18(3)12-13-21(20)33-22/h6-8,10-13,16-17,24,31H,4-5,9,14-15H2,1-3H3. The van der Waals surface area contributed by atoms with Crippen molar-refractivity contribution >= 4 is 22.7 Å². The lowest BCUT2D eigenvalue weighted by Crippen LogP contribution is -2.34. The van der Waals surface area contributed by atoms with Gasteiger partial charge in [-0.1, -0.05) is 55.8 Å². The van der Waals surface area contributed by atoms with Crippen molar-refractivity contribution in [1.82, 2.24) is 9.80 Å². The zero-order chi connectivity index (χ0) is 23.5. The van der Waals surface area contributed by atoms with Crippen molar-refractivity contribution < 1.29 is 19.1 Å². The van der Waals surface area contributed by atoms with Crippen LogP contribution in [0, 0.1) is 6.92 Å². The monoisotopic (exact) mass is 446 g/mol. The molecule has 6 nitrogen and oxygen atoms in total. The minimum Gasteiger partial charge on any atom is -0.503 e. The van der Waals surface area contributed by atoms with Crippen molar-refractivity contribution in [1.29, 1.82) is 0 Å². The summed E-state index contributed by atoms with van der Waals surface area (Å²) in [6.07, 6.45) is 0.745. The lowest BCUT2D eigenvalue weighted by molar-refractivity contribution is -0.129. The molecule has 1 atom stereocenters. The lowest BCUT2D eigenvalue weighted by Gasteiger charge is -2.28. The summed E-state index contributed by atoms with van der Waals surface area (Å²) < 4.78 is 5.81. The Labute approximate surface area is 194 Å². The maximum absolute atomic E-state index is 13.6. The maximum atomic E-state index is 13.6. The van der Waals surface area contributed by atoms with Crippen LogP contribution in [-0.4, -0.2) is 52.8 Å². The highest BCUT2D eigenvalue weighted by Gasteiger charge is 2.44. The lowest BCUT2D eigenvalue weighted by atomic mass is 9.95. The van der Waals surface area contributed by atoms with Gasteiger partial charge in [-0.3, -0.25) is 9.59 Å². The number of benzene rings is 2. The third-order valence-corrected chi connectivity index (χ3v) is 6.33. The fourth-order valence-corrected chi connectivity index (χ4v) is 4.51. The van der Waals surface area contributed by atoms with E-state index in [2.05, 4.69) is 18.7 Å². The molecule has 0 radical (unpaired) electrons. The van der Waals surface area contributed by atoms with Gasteiger partial charge < -0.3 is 19.3 Å². The van der Waals surface area contributed by atoms with Crippen molar-refractivity contribution in [3.8, 4) is 0 Å². The van der Waals surface area contributed by atoms with Gasteiger partial charge in [0.1, 0.15) is 5.58 Å². The van der Waals surface area contributed by atoms with Gasteiger partial charge in [-0.05, 0) is 56.7 Å². The second-order valence-corrected chi connectivity index (χ2v) is 8.44. The summed E-state index contributed by atoms with van der Waals surface area (Å²) in [5, 5.41) is 11.6. The van der Waals surface area contributed by atoms with E-state index in [-0.39, 0.29) is 11.3 Å². The zero-order valence-corrected chi connectivity index (χ0v) is 19.4. The summed E-state index contributed by atoms with van der Waals surface area (Å²) in [6.45, 7) is 9.34. The number of ketones is 1. The highest BCUT2D eigenvalue weighted by atomic mass is 16.3. The van der Waals surface area contributed by atoms with E-state index in [9.17, 15) is 14.7 Å². The molecule has 0 saturated carbocycles. The average Bonchev–Trinajstić information content (AvgIpc) is 3.36. The van der Waals surface area contributed by atoms with Gasteiger partial charge in [-0.2, -0.15) is 0 Å². The van der Waals surface area contributed by atoms with Crippen LogP contribution in [0.3, 0.4) is 0 Å². The Balaban J connectivity index is 1.68. The number of nitrogens with zero attached hydrogens (tertiary/aromatic N) is 2. The van der Waals surface area contributed by atoms with E-state index in [4.69, 9.17) is 4.42 Å². The number of Topliss-reactive ketones (excluding diaryl/α,β-unsaturated/α-hetero) is 1. The number of amides is 1. The van der Waals surface area contributed by atoms with E-state index in [1.54, 1.807) is 11.0 Å². The first kappa shape index (κ1) is 22.8. The summed E-state index contributed by atoms with van der Waals surface area (Å²) in [5.74, 6) is -1.35. The number of carbonyl (C=O) groups excluding carboxylic acids is 2. The Morgan fingerprint density at radius 3 is 2.52 bits per heavy atom. The van der Waals surface area contributed by atoms with Crippen LogP contribution < -0.4 is 0 Å². The molecule has 0 bridgehead atoms. The first-order valence-electron chi connectivity index (χ1n) is 11.5. The zero-order valence-electron chi connectivity index (χ0n) is 19.4. The predicted octanol–water partition coefficient (Wildman–Crippen LogP) is 5.05. The molecule has 2 heterocycles. The van der Waals surface area contributed by atoms with Crippen LogP contribution in [0.15, 0.2) is 70.3 Å². The van der Waals surface area contributed by atoms with Crippen molar-refractivity contribution in [2.24, 2.45) is 0 Å². The fourth-order valence-electron chi connectivity index (χ4n) is 4.51. The van der Waals surface area contributed by atoms with Gasteiger partial charge in [0.15, 0.2) is 11.5 Å². The predicted molar refractivity (Wildman–Crippen MR) is 128 cm³/mol. The summed E-state index contributed by atoms with van der Waals surface area (Å²) in [7, 11) is 0. The van der Waals surface area contributed by atoms with Crippen molar-refractivity contribution in [2.45, 2.75) is 33.2 Å². The largest absolute Gasteiger partial charge is 0.503 e. The summed E-state index contributed by atoms with van der Waals surface area (Å²) in [4.78, 5) is 30.5. The van der Waals surface area contributed by atoms with E-state index >= 15 is 0 Å². The number of hydrogen-bond donors (Lipinski definition) is 1. The summed E-state index contributed by atoms with van der Waals surface area (Å²) >= 11 is 0. The topological polar surface area (TPSA) is 74.0 Å². The Bertz CT molecular complexity index is 1190. The first-order valence-corrected chi connectivity index (χ1v) is 11.5.